The van der Waals surface area contributed by atoms with Gasteiger partial charge in [0.15, 0.2) is 0 Å². The van der Waals surface area contributed by atoms with Crippen LogP contribution in [-0.2, 0) is 4.74 Å². The van der Waals surface area contributed by atoms with Crippen LogP contribution >= 0.6 is 23.2 Å². The van der Waals surface area contributed by atoms with Crippen LogP contribution in [0, 0.1) is 6.92 Å². The number of anilines is 1. The van der Waals surface area contributed by atoms with E-state index in [-0.39, 0.29) is 12.1 Å². The zero-order chi connectivity index (χ0) is 18.7. The summed E-state index contributed by atoms with van der Waals surface area (Å²) in [5.41, 5.74) is 8.67. The molecule has 0 spiro atoms. The fraction of sp³-hybridized carbons (Fsp3) is 0.353. The smallest absolute Gasteiger partial charge is 0.220 e. The number of rotatable bonds is 1. The molecule has 1 saturated heterocycles. The molecule has 9 heteroatoms. The van der Waals surface area contributed by atoms with Gasteiger partial charge in [-0.2, -0.15) is 5.10 Å². The first-order chi connectivity index (χ1) is 12.5. The predicted octanol–water partition coefficient (Wildman–Crippen LogP) is 3.15. The molecule has 7 nitrogen and oxygen atoms in total. The maximum absolute atomic E-state index is 8.78. The van der Waals surface area contributed by atoms with Gasteiger partial charge in [-0.25, -0.2) is 14.5 Å². The minimum Gasteiger partial charge on any atom is -0.391 e. The summed E-state index contributed by atoms with van der Waals surface area (Å²) in [5.74, 6) is 0.171. The Hall–Kier alpha value is -1.93. The highest BCUT2D eigenvalue weighted by molar-refractivity contribution is 6.33. The summed E-state index contributed by atoms with van der Waals surface area (Å²) in [4.78, 5) is 8.01. The molecule has 0 aromatic carbocycles. The molecule has 3 N–H and O–H groups in total. The van der Waals surface area contributed by atoms with E-state index in [9.17, 15) is 0 Å². The van der Waals surface area contributed by atoms with Crippen LogP contribution in [0.2, 0.25) is 10.0 Å². The Morgan fingerprint density at radius 2 is 2.08 bits per heavy atom. The van der Waals surface area contributed by atoms with Gasteiger partial charge in [0.1, 0.15) is 0 Å². The van der Waals surface area contributed by atoms with Crippen molar-refractivity contribution in [1.29, 1.82) is 0 Å². The number of aliphatic hydroxyl groups excluding tert-OH is 1. The lowest BCUT2D eigenvalue weighted by molar-refractivity contribution is -0.00535. The fourth-order valence-corrected chi connectivity index (χ4v) is 2.97. The molecule has 0 saturated carbocycles. The second-order valence-corrected chi connectivity index (χ2v) is 6.73. The third-order valence-corrected chi connectivity index (χ3v) is 4.69. The lowest BCUT2D eigenvalue weighted by Crippen LogP contribution is -2.21. The predicted molar refractivity (Wildman–Crippen MR) is 101 cm³/mol. The molecule has 1 atom stereocenters. The number of ether oxygens (including phenoxy) is 1. The van der Waals surface area contributed by atoms with Crippen LogP contribution < -0.4 is 5.73 Å². The maximum Gasteiger partial charge on any atom is 0.220 e. The second-order valence-electron chi connectivity index (χ2n) is 5.92. The molecule has 0 amide bonds. The summed E-state index contributed by atoms with van der Waals surface area (Å²) in [6.45, 7) is 3.26. The number of nitrogens with two attached hydrogens (primary N) is 1. The van der Waals surface area contributed by atoms with Crippen LogP contribution in [0.3, 0.4) is 0 Å². The molecule has 4 rings (SSSR count). The summed E-state index contributed by atoms with van der Waals surface area (Å²) in [7, 11) is 0. The van der Waals surface area contributed by atoms with Crippen molar-refractivity contribution in [3.05, 3.63) is 40.3 Å². The molecule has 1 aliphatic heterocycles. The number of aliphatic hydroxyl groups is 1. The van der Waals surface area contributed by atoms with E-state index in [1.807, 2.05) is 19.1 Å². The SMILES string of the molecule is Cc1c(Cl)ccc2c(-c3nc(N)ncc3Cl)cnn12.OC1CCCOC1. The number of nitrogen functional groups attached to an aromatic ring is 1. The largest absolute Gasteiger partial charge is 0.391 e. The van der Waals surface area contributed by atoms with Gasteiger partial charge in [0, 0.05) is 12.2 Å². The highest BCUT2D eigenvalue weighted by Crippen LogP contribution is 2.30. The van der Waals surface area contributed by atoms with Gasteiger partial charge in [-0.3, -0.25) is 0 Å². The average molecular weight is 396 g/mol. The maximum atomic E-state index is 8.78. The number of nitrogens with zero attached hydrogens (tertiary/aromatic N) is 4. The fourth-order valence-electron chi connectivity index (χ4n) is 2.64. The molecule has 3 aromatic rings. The number of halogens is 2. The molecule has 1 fully saturated rings. The molecule has 0 radical (unpaired) electrons. The van der Waals surface area contributed by atoms with Gasteiger partial charge in [0.2, 0.25) is 5.95 Å². The quantitative estimate of drug-likeness (QED) is 0.656. The van der Waals surface area contributed by atoms with E-state index in [0.717, 1.165) is 36.2 Å². The molecule has 4 heterocycles. The van der Waals surface area contributed by atoms with Crippen molar-refractivity contribution in [2.45, 2.75) is 25.9 Å². The van der Waals surface area contributed by atoms with Gasteiger partial charge in [-0.1, -0.05) is 23.2 Å². The normalized spacial score (nSPS) is 17.0. The van der Waals surface area contributed by atoms with Crippen LogP contribution in [0.1, 0.15) is 18.5 Å². The lowest BCUT2D eigenvalue weighted by Gasteiger charge is -2.15. The van der Waals surface area contributed by atoms with Gasteiger partial charge in [0.05, 0.1) is 52.1 Å². The Bertz CT molecular complexity index is 910. The van der Waals surface area contributed by atoms with E-state index in [4.69, 9.17) is 38.8 Å². The monoisotopic (exact) mass is 395 g/mol. The van der Waals surface area contributed by atoms with Crippen LogP contribution in [0.5, 0.6) is 0 Å². The molecule has 1 aliphatic rings. The van der Waals surface area contributed by atoms with E-state index < -0.39 is 0 Å². The standard InChI is InChI=1S/C12H9Cl2N5.C5H10O2/c1-6-8(13)2-3-10-7(4-17-19(6)10)11-9(14)5-16-12(15)18-11;6-5-2-1-3-7-4-5/h2-5H,1H3,(H2,15,16,18);5-6H,1-4H2. The molecule has 0 aliphatic carbocycles. The van der Waals surface area contributed by atoms with Crippen LogP contribution in [0.4, 0.5) is 5.95 Å². The van der Waals surface area contributed by atoms with Gasteiger partial charge in [0.25, 0.3) is 0 Å². The molecule has 0 bridgehead atoms. The number of hydrogen-bond acceptors (Lipinski definition) is 6. The van der Waals surface area contributed by atoms with Crippen LogP contribution in [0.25, 0.3) is 16.8 Å². The topological polar surface area (TPSA) is 98.6 Å². The molecule has 138 valence electrons. The van der Waals surface area contributed by atoms with Gasteiger partial charge in [-0.05, 0) is 31.9 Å². The molecule has 26 heavy (non-hydrogen) atoms. The third-order valence-electron chi connectivity index (χ3n) is 4.01. The number of hydrogen-bond donors (Lipinski definition) is 2. The van der Waals surface area contributed by atoms with Crippen molar-refractivity contribution in [2.75, 3.05) is 18.9 Å². The third kappa shape index (κ3) is 4.07. The zero-order valence-corrected chi connectivity index (χ0v) is 15.7. The van der Waals surface area contributed by atoms with Gasteiger partial charge >= 0.3 is 0 Å². The van der Waals surface area contributed by atoms with Gasteiger partial charge in [-0.15, -0.1) is 0 Å². The molecule has 1 unspecified atom stereocenters. The first-order valence-corrected chi connectivity index (χ1v) is 8.90. The van der Waals surface area contributed by atoms with E-state index in [1.54, 1.807) is 10.7 Å². The Labute approximate surface area is 160 Å². The lowest BCUT2D eigenvalue weighted by atomic mass is 10.2. The number of fused-ring (bicyclic) bond motifs is 1. The Balaban J connectivity index is 0.000000236. The molecular formula is C17H19Cl2N5O2. The summed E-state index contributed by atoms with van der Waals surface area (Å²) in [5, 5.41) is 14.2. The minimum atomic E-state index is -0.186. The van der Waals surface area contributed by atoms with Crippen molar-refractivity contribution in [3.63, 3.8) is 0 Å². The van der Waals surface area contributed by atoms with Crippen molar-refractivity contribution in [3.8, 4) is 11.3 Å². The summed E-state index contributed by atoms with van der Waals surface area (Å²) < 4.78 is 6.67. The highest BCUT2D eigenvalue weighted by atomic mass is 35.5. The van der Waals surface area contributed by atoms with E-state index in [2.05, 4.69) is 15.1 Å². The highest BCUT2D eigenvalue weighted by Gasteiger charge is 2.14. The van der Waals surface area contributed by atoms with Crippen molar-refractivity contribution >= 4 is 34.7 Å². The Kier molecular flexibility index (Phi) is 5.93. The Morgan fingerprint density at radius 3 is 2.73 bits per heavy atom. The summed E-state index contributed by atoms with van der Waals surface area (Å²) >= 11 is 12.2. The molecule has 3 aromatic heterocycles. The van der Waals surface area contributed by atoms with Crippen molar-refractivity contribution in [1.82, 2.24) is 19.6 Å². The van der Waals surface area contributed by atoms with Crippen molar-refractivity contribution in [2.24, 2.45) is 0 Å². The average Bonchev–Trinajstić information content (AvgIpc) is 3.06. The van der Waals surface area contributed by atoms with Crippen LogP contribution in [-0.4, -0.2) is 44.0 Å². The summed E-state index contributed by atoms with van der Waals surface area (Å²) in [6, 6.07) is 3.68. The van der Waals surface area contributed by atoms with E-state index in [1.165, 1.54) is 6.20 Å². The number of aryl methyl sites for hydroxylation is 1. The Morgan fingerprint density at radius 1 is 1.27 bits per heavy atom. The van der Waals surface area contributed by atoms with E-state index in [0.29, 0.717) is 22.3 Å². The molecular weight excluding hydrogens is 377 g/mol. The van der Waals surface area contributed by atoms with Gasteiger partial charge < -0.3 is 15.6 Å². The number of pyridine rings is 1. The van der Waals surface area contributed by atoms with Crippen LogP contribution in [0.15, 0.2) is 24.5 Å². The summed E-state index contributed by atoms with van der Waals surface area (Å²) in [6.07, 6.45) is 4.91. The minimum absolute atomic E-state index is 0.171. The first kappa shape index (κ1) is 18.8. The number of aromatic nitrogens is 4. The first-order valence-electron chi connectivity index (χ1n) is 8.14. The second kappa shape index (κ2) is 8.18. The van der Waals surface area contributed by atoms with E-state index >= 15 is 0 Å². The zero-order valence-electron chi connectivity index (χ0n) is 14.2. The van der Waals surface area contributed by atoms with Crippen molar-refractivity contribution < 1.29 is 9.84 Å².